The van der Waals surface area contributed by atoms with Gasteiger partial charge >= 0.3 is 0 Å². The Morgan fingerprint density at radius 3 is 2.36 bits per heavy atom. The van der Waals surface area contributed by atoms with E-state index in [0.717, 1.165) is 23.5 Å². The molecule has 5 unspecified atom stereocenters. The highest BCUT2D eigenvalue weighted by atomic mass is 35.5. The van der Waals surface area contributed by atoms with Crippen molar-refractivity contribution < 1.29 is 29.9 Å². The lowest BCUT2D eigenvalue weighted by molar-refractivity contribution is -0.231. The van der Waals surface area contributed by atoms with Crippen LogP contribution in [0.1, 0.15) is 55.4 Å². The maximum absolute atomic E-state index is 10.4. The zero-order valence-electron chi connectivity index (χ0n) is 18.9. The summed E-state index contributed by atoms with van der Waals surface area (Å²) in [5, 5.41) is 40.6. The zero-order chi connectivity index (χ0) is 23.6. The van der Waals surface area contributed by atoms with Gasteiger partial charge in [-0.3, -0.25) is 0 Å². The van der Waals surface area contributed by atoms with Crippen molar-refractivity contribution in [2.24, 2.45) is 5.41 Å². The number of hydrogen-bond donors (Lipinski definition) is 4. The largest absolute Gasteiger partial charge is 0.493 e. The molecule has 2 aliphatic rings. The fraction of sp³-hybridized carbons (Fsp3) is 0.538. The van der Waals surface area contributed by atoms with Gasteiger partial charge in [-0.2, -0.15) is 0 Å². The molecule has 4 N–H and O–H groups in total. The van der Waals surface area contributed by atoms with E-state index in [9.17, 15) is 20.4 Å². The van der Waals surface area contributed by atoms with Crippen molar-refractivity contribution >= 4 is 11.6 Å². The molecule has 1 aliphatic heterocycles. The molecule has 0 radical (unpaired) electrons. The van der Waals surface area contributed by atoms with E-state index < -0.39 is 37.1 Å². The van der Waals surface area contributed by atoms with Crippen LogP contribution in [-0.2, 0) is 11.2 Å². The maximum atomic E-state index is 10.4. The van der Waals surface area contributed by atoms with Crippen LogP contribution < -0.4 is 4.74 Å². The molecule has 2 aromatic carbocycles. The van der Waals surface area contributed by atoms with E-state index in [-0.39, 0.29) is 5.41 Å². The number of benzene rings is 2. The van der Waals surface area contributed by atoms with Crippen LogP contribution in [0.4, 0.5) is 0 Å². The third kappa shape index (κ3) is 5.53. The predicted octanol–water partition coefficient (Wildman–Crippen LogP) is 3.40. The summed E-state index contributed by atoms with van der Waals surface area (Å²) < 4.78 is 11.7. The average Bonchev–Trinajstić information content (AvgIpc) is 3.25. The van der Waals surface area contributed by atoms with Gasteiger partial charge in [0.1, 0.15) is 36.3 Å². The van der Waals surface area contributed by atoms with Crippen LogP contribution in [0.15, 0.2) is 42.5 Å². The molecule has 180 valence electrons. The molecular formula is C26H33ClO6. The van der Waals surface area contributed by atoms with Crippen LogP contribution >= 0.6 is 11.6 Å². The summed E-state index contributed by atoms with van der Waals surface area (Å²) in [6.07, 6.45) is -0.399. The molecule has 0 bridgehead atoms. The molecule has 1 aliphatic carbocycles. The molecule has 1 saturated carbocycles. The SMILES string of the molecule is CC1(COc2ccc(Cc3cc(C4OC(CO)C(O)C(O)C4O)ccc3Cl)cc2)CCCC1. The standard InChI is InChI=1S/C26H33ClO6/c1-26(10-2-3-11-26)15-32-19-7-4-16(5-8-19)12-18-13-17(6-9-20(18)27)25-24(31)23(30)22(29)21(14-28)33-25/h4-9,13,21-25,28-31H,2-3,10-12,14-15H2,1H3. The average molecular weight is 477 g/mol. The Morgan fingerprint density at radius 2 is 1.70 bits per heavy atom. The first-order valence-electron chi connectivity index (χ1n) is 11.6. The van der Waals surface area contributed by atoms with E-state index in [1.807, 2.05) is 30.3 Å². The second kappa shape index (κ2) is 10.3. The van der Waals surface area contributed by atoms with Crippen molar-refractivity contribution in [3.8, 4) is 5.75 Å². The second-order valence-electron chi connectivity index (χ2n) is 9.73. The molecule has 4 rings (SSSR count). The number of aliphatic hydroxyl groups is 4. The lowest BCUT2D eigenvalue weighted by atomic mass is 9.90. The predicted molar refractivity (Wildman–Crippen MR) is 125 cm³/mol. The van der Waals surface area contributed by atoms with Crippen LogP contribution in [0.2, 0.25) is 5.02 Å². The first-order valence-corrected chi connectivity index (χ1v) is 12.0. The third-order valence-electron chi connectivity index (χ3n) is 7.01. The maximum Gasteiger partial charge on any atom is 0.119 e. The van der Waals surface area contributed by atoms with Gasteiger partial charge in [0.2, 0.25) is 0 Å². The quantitative estimate of drug-likeness (QED) is 0.489. The number of ether oxygens (including phenoxy) is 2. The van der Waals surface area contributed by atoms with Gasteiger partial charge in [0.05, 0.1) is 13.2 Å². The molecule has 0 spiro atoms. The minimum Gasteiger partial charge on any atom is -0.493 e. The highest BCUT2D eigenvalue weighted by Gasteiger charge is 2.44. The van der Waals surface area contributed by atoms with E-state index in [1.165, 1.54) is 25.7 Å². The first-order chi connectivity index (χ1) is 15.8. The molecule has 0 amide bonds. The van der Waals surface area contributed by atoms with Gasteiger partial charge in [-0.25, -0.2) is 0 Å². The summed E-state index contributed by atoms with van der Waals surface area (Å²) in [4.78, 5) is 0. The summed E-state index contributed by atoms with van der Waals surface area (Å²) in [5.74, 6) is 0.855. The minimum atomic E-state index is -1.42. The van der Waals surface area contributed by atoms with E-state index in [0.29, 0.717) is 17.0 Å². The third-order valence-corrected chi connectivity index (χ3v) is 7.38. The molecular weight excluding hydrogens is 444 g/mol. The number of halogens is 1. The van der Waals surface area contributed by atoms with Crippen molar-refractivity contribution in [3.63, 3.8) is 0 Å². The van der Waals surface area contributed by atoms with Gasteiger partial charge in [-0.15, -0.1) is 0 Å². The molecule has 2 fully saturated rings. The number of rotatable bonds is 7. The highest BCUT2D eigenvalue weighted by Crippen LogP contribution is 2.38. The minimum absolute atomic E-state index is 0.275. The van der Waals surface area contributed by atoms with Gasteiger partial charge in [-0.1, -0.05) is 55.6 Å². The van der Waals surface area contributed by atoms with Crippen molar-refractivity contribution in [2.75, 3.05) is 13.2 Å². The zero-order valence-corrected chi connectivity index (χ0v) is 19.6. The molecule has 5 atom stereocenters. The molecule has 1 saturated heterocycles. The van der Waals surface area contributed by atoms with E-state index in [2.05, 4.69) is 6.92 Å². The van der Waals surface area contributed by atoms with Gasteiger partial charge in [0, 0.05) is 10.4 Å². The lowest BCUT2D eigenvalue weighted by Crippen LogP contribution is -2.55. The van der Waals surface area contributed by atoms with Crippen molar-refractivity contribution in [3.05, 3.63) is 64.2 Å². The topological polar surface area (TPSA) is 99.4 Å². The number of aliphatic hydroxyl groups excluding tert-OH is 4. The summed E-state index contributed by atoms with van der Waals surface area (Å²) in [6, 6.07) is 13.3. The van der Waals surface area contributed by atoms with Gasteiger partial charge in [-0.05, 0) is 54.2 Å². The smallest absolute Gasteiger partial charge is 0.119 e. The summed E-state index contributed by atoms with van der Waals surface area (Å²) >= 11 is 6.44. The Labute approximate surface area is 199 Å². The van der Waals surface area contributed by atoms with Gasteiger partial charge in [0.15, 0.2) is 0 Å². The highest BCUT2D eigenvalue weighted by molar-refractivity contribution is 6.31. The summed E-state index contributed by atoms with van der Waals surface area (Å²) in [6.45, 7) is 2.56. The summed E-state index contributed by atoms with van der Waals surface area (Å²) in [7, 11) is 0. The normalized spacial score (nSPS) is 29.2. The second-order valence-corrected chi connectivity index (χ2v) is 10.1. The van der Waals surface area contributed by atoms with Gasteiger partial charge in [0.25, 0.3) is 0 Å². The molecule has 6 nitrogen and oxygen atoms in total. The fourth-order valence-corrected chi connectivity index (χ4v) is 5.02. The Morgan fingerprint density at radius 1 is 1.00 bits per heavy atom. The summed E-state index contributed by atoms with van der Waals surface area (Å²) in [5.41, 5.74) is 2.80. The van der Waals surface area contributed by atoms with Crippen LogP contribution in [-0.4, -0.2) is 58.1 Å². The molecule has 1 heterocycles. The molecule has 2 aromatic rings. The van der Waals surface area contributed by atoms with Crippen LogP contribution in [0, 0.1) is 5.41 Å². The van der Waals surface area contributed by atoms with Crippen LogP contribution in [0.3, 0.4) is 0 Å². The Kier molecular flexibility index (Phi) is 7.63. The monoisotopic (exact) mass is 476 g/mol. The Hall–Kier alpha value is -1.67. The van der Waals surface area contributed by atoms with E-state index >= 15 is 0 Å². The van der Waals surface area contributed by atoms with Crippen molar-refractivity contribution in [1.82, 2.24) is 0 Å². The molecule has 0 aromatic heterocycles. The molecule has 7 heteroatoms. The number of hydrogen-bond acceptors (Lipinski definition) is 6. The Bertz CT molecular complexity index is 925. The lowest BCUT2D eigenvalue weighted by Gasteiger charge is -2.40. The first kappa shape index (κ1) is 24.5. The molecule has 33 heavy (non-hydrogen) atoms. The fourth-order valence-electron chi connectivity index (χ4n) is 4.84. The van der Waals surface area contributed by atoms with Gasteiger partial charge < -0.3 is 29.9 Å². The van der Waals surface area contributed by atoms with Crippen LogP contribution in [0.5, 0.6) is 5.75 Å². The van der Waals surface area contributed by atoms with Crippen molar-refractivity contribution in [2.45, 2.75) is 69.5 Å². The van der Waals surface area contributed by atoms with Crippen LogP contribution in [0.25, 0.3) is 0 Å². The van der Waals surface area contributed by atoms with Crippen molar-refractivity contribution in [1.29, 1.82) is 0 Å². The Balaban J connectivity index is 1.45. The van der Waals surface area contributed by atoms with E-state index in [4.69, 9.17) is 21.1 Å². The van der Waals surface area contributed by atoms with E-state index in [1.54, 1.807) is 12.1 Å².